The predicted octanol–water partition coefficient (Wildman–Crippen LogP) is 3.84. The van der Waals surface area contributed by atoms with E-state index in [1.165, 1.54) is 19.3 Å². The highest BCUT2D eigenvalue weighted by atomic mass is 16.5. The fourth-order valence-corrected chi connectivity index (χ4v) is 6.92. The van der Waals surface area contributed by atoms with Crippen LogP contribution in [0.25, 0.3) is 0 Å². The highest BCUT2D eigenvalue weighted by molar-refractivity contribution is 5.99. The SMILES string of the molecule is COc1ccccc1NC(=O)[C@@H]1CCCN1C(=O)C12CC3CC(CC(C3)C1)C2. The van der Waals surface area contributed by atoms with Crippen LogP contribution in [0.1, 0.15) is 51.4 Å². The zero-order valence-electron chi connectivity index (χ0n) is 16.7. The number of ether oxygens (including phenoxy) is 1. The van der Waals surface area contributed by atoms with Gasteiger partial charge in [0.25, 0.3) is 0 Å². The highest BCUT2D eigenvalue weighted by Crippen LogP contribution is 2.60. The highest BCUT2D eigenvalue weighted by Gasteiger charge is 2.56. The molecule has 1 N–H and O–H groups in total. The van der Waals surface area contributed by atoms with Gasteiger partial charge in [0.05, 0.1) is 18.2 Å². The van der Waals surface area contributed by atoms with Gasteiger partial charge in [-0.2, -0.15) is 0 Å². The quantitative estimate of drug-likeness (QED) is 0.861. The van der Waals surface area contributed by atoms with E-state index >= 15 is 0 Å². The first-order chi connectivity index (χ1) is 13.6. The second-order valence-corrected chi connectivity index (χ2v) is 9.54. The summed E-state index contributed by atoms with van der Waals surface area (Å²) in [4.78, 5) is 28.7. The molecule has 4 bridgehead atoms. The Labute approximate surface area is 166 Å². The summed E-state index contributed by atoms with van der Waals surface area (Å²) in [6, 6.07) is 7.09. The number of para-hydroxylation sites is 2. The Hall–Kier alpha value is -2.04. The van der Waals surface area contributed by atoms with E-state index in [9.17, 15) is 9.59 Å². The first-order valence-electron chi connectivity index (χ1n) is 10.8. The van der Waals surface area contributed by atoms with Gasteiger partial charge in [-0.15, -0.1) is 0 Å². The smallest absolute Gasteiger partial charge is 0.247 e. The van der Waals surface area contributed by atoms with Gasteiger partial charge in [0.15, 0.2) is 0 Å². The molecule has 5 nitrogen and oxygen atoms in total. The molecule has 1 heterocycles. The third kappa shape index (κ3) is 2.90. The first-order valence-corrected chi connectivity index (χ1v) is 10.8. The second-order valence-electron chi connectivity index (χ2n) is 9.54. The Bertz CT molecular complexity index is 755. The minimum Gasteiger partial charge on any atom is -0.495 e. The molecule has 1 saturated heterocycles. The maximum absolute atomic E-state index is 13.7. The van der Waals surface area contributed by atoms with Crippen LogP contribution in [0.5, 0.6) is 5.75 Å². The predicted molar refractivity (Wildman–Crippen MR) is 107 cm³/mol. The molecule has 1 aromatic rings. The minimum absolute atomic E-state index is 0.0833. The molecule has 1 atom stereocenters. The number of hydrogen-bond donors (Lipinski definition) is 1. The van der Waals surface area contributed by atoms with Crippen LogP contribution in [0.4, 0.5) is 5.69 Å². The molecule has 28 heavy (non-hydrogen) atoms. The number of anilines is 1. The van der Waals surface area contributed by atoms with Crippen molar-refractivity contribution >= 4 is 17.5 Å². The summed E-state index contributed by atoms with van der Waals surface area (Å²) < 4.78 is 5.35. The van der Waals surface area contributed by atoms with Crippen molar-refractivity contribution < 1.29 is 14.3 Å². The molecule has 5 fully saturated rings. The van der Waals surface area contributed by atoms with Crippen molar-refractivity contribution in [1.29, 1.82) is 0 Å². The number of rotatable bonds is 4. The van der Waals surface area contributed by atoms with E-state index in [-0.39, 0.29) is 23.3 Å². The lowest BCUT2D eigenvalue weighted by atomic mass is 9.49. The fraction of sp³-hybridized carbons (Fsp3) is 0.652. The van der Waals surface area contributed by atoms with Gasteiger partial charge in [0.2, 0.25) is 11.8 Å². The van der Waals surface area contributed by atoms with Gasteiger partial charge in [0.1, 0.15) is 11.8 Å². The Morgan fingerprint density at radius 3 is 2.36 bits per heavy atom. The summed E-state index contributed by atoms with van der Waals surface area (Å²) in [7, 11) is 1.60. The standard InChI is InChI=1S/C23H30N2O3/c1-28-20-7-3-2-5-18(20)24-21(26)19-6-4-8-25(19)22(27)23-12-15-9-16(13-23)11-17(10-15)14-23/h2-3,5,7,15-17,19H,4,6,8-14H2,1H3,(H,24,26)/t15?,16?,17?,19-,23?/m0/s1. The van der Waals surface area contributed by atoms with Crippen molar-refractivity contribution in [2.75, 3.05) is 19.0 Å². The summed E-state index contributed by atoms with van der Waals surface area (Å²) >= 11 is 0. The van der Waals surface area contributed by atoms with Crippen LogP contribution < -0.4 is 10.1 Å². The minimum atomic E-state index is -0.356. The van der Waals surface area contributed by atoms with Gasteiger partial charge in [-0.1, -0.05) is 12.1 Å². The van der Waals surface area contributed by atoms with Crippen LogP contribution in [0.15, 0.2) is 24.3 Å². The zero-order valence-corrected chi connectivity index (χ0v) is 16.7. The molecule has 6 rings (SSSR count). The summed E-state index contributed by atoms with van der Waals surface area (Å²) in [6.07, 6.45) is 8.78. The van der Waals surface area contributed by atoms with E-state index in [0.29, 0.717) is 18.0 Å². The summed E-state index contributed by atoms with van der Waals surface area (Å²) in [6.45, 7) is 0.713. The van der Waals surface area contributed by atoms with E-state index in [0.717, 1.165) is 49.9 Å². The maximum Gasteiger partial charge on any atom is 0.247 e. The van der Waals surface area contributed by atoms with Gasteiger partial charge in [-0.05, 0) is 81.3 Å². The number of nitrogens with zero attached hydrogens (tertiary/aromatic N) is 1. The number of methoxy groups -OCH3 is 1. The van der Waals surface area contributed by atoms with Gasteiger partial charge in [-0.25, -0.2) is 0 Å². The van der Waals surface area contributed by atoms with Crippen molar-refractivity contribution in [2.24, 2.45) is 23.2 Å². The summed E-state index contributed by atoms with van der Waals surface area (Å²) in [5.41, 5.74) is 0.492. The Morgan fingerprint density at radius 1 is 1.07 bits per heavy atom. The van der Waals surface area contributed by atoms with Crippen molar-refractivity contribution in [1.82, 2.24) is 4.90 Å². The van der Waals surface area contributed by atoms with Crippen LogP contribution in [-0.2, 0) is 9.59 Å². The molecular formula is C23H30N2O3. The van der Waals surface area contributed by atoms with Gasteiger partial charge in [0, 0.05) is 6.54 Å². The Morgan fingerprint density at radius 2 is 1.71 bits per heavy atom. The zero-order chi connectivity index (χ0) is 19.3. The number of benzene rings is 1. The van der Waals surface area contributed by atoms with E-state index in [1.807, 2.05) is 29.2 Å². The molecule has 1 aromatic carbocycles. The first kappa shape index (κ1) is 18.0. The van der Waals surface area contributed by atoms with Gasteiger partial charge >= 0.3 is 0 Å². The van der Waals surface area contributed by atoms with Crippen molar-refractivity contribution in [3.05, 3.63) is 24.3 Å². The molecule has 0 unspecified atom stereocenters. The molecular weight excluding hydrogens is 352 g/mol. The number of carbonyl (C=O) groups excluding carboxylic acids is 2. The average molecular weight is 383 g/mol. The van der Waals surface area contributed by atoms with E-state index in [1.54, 1.807) is 7.11 Å². The molecule has 4 saturated carbocycles. The third-order valence-corrected chi connectivity index (χ3v) is 7.67. The number of amides is 2. The normalized spacial score (nSPS) is 35.8. The largest absolute Gasteiger partial charge is 0.495 e. The Balaban J connectivity index is 1.34. The molecule has 2 amide bonds. The molecule has 1 aliphatic heterocycles. The number of carbonyl (C=O) groups is 2. The topological polar surface area (TPSA) is 58.6 Å². The summed E-state index contributed by atoms with van der Waals surface area (Å²) in [5.74, 6) is 3.04. The van der Waals surface area contributed by atoms with Crippen LogP contribution in [0.2, 0.25) is 0 Å². The van der Waals surface area contributed by atoms with Crippen LogP contribution >= 0.6 is 0 Å². The van der Waals surface area contributed by atoms with Crippen molar-refractivity contribution in [2.45, 2.75) is 57.4 Å². The fourth-order valence-electron chi connectivity index (χ4n) is 6.92. The lowest BCUT2D eigenvalue weighted by Gasteiger charge is -2.56. The van der Waals surface area contributed by atoms with Gasteiger partial charge < -0.3 is 15.0 Å². The monoisotopic (exact) mass is 382 g/mol. The van der Waals surface area contributed by atoms with E-state index < -0.39 is 0 Å². The van der Waals surface area contributed by atoms with Crippen LogP contribution in [-0.4, -0.2) is 36.4 Å². The molecule has 0 aromatic heterocycles. The molecule has 0 spiro atoms. The number of nitrogens with one attached hydrogen (secondary N) is 1. The number of hydrogen-bond acceptors (Lipinski definition) is 3. The molecule has 4 aliphatic carbocycles. The molecule has 5 aliphatic rings. The summed E-state index contributed by atoms with van der Waals surface area (Å²) in [5, 5.41) is 3.00. The third-order valence-electron chi connectivity index (χ3n) is 7.67. The average Bonchev–Trinajstić information content (AvgIpc) is 3.16. The van der Waals surface area contributed by atoms with E-state index in [2.05, 4.69) is 5.32 Å². The Kier molecular flexibility index (Phi) is 4.37. The lowest BCUT2D eigenvalue weighted by Crippen LogP contribution is -2.56. The molecule has 5 heteroatoms. The van der Waals surface area contributed by atoms with E-state index in [4.69, 9.17) is 4.74 Å². The number of likely N-dealkylation sites (tertiary alicyclic amines) is 1. The van der Waals surface area contributed by atoms with Crippen LogP contribution in [0.3, 0.4) is 0 Å². The molecule has 150 valence electrons. The van der Waals surface area contributed by atoms with Crippen molar-refractivity contribution in [3.63, 3.8) is 0 Å². The second kappa shape index (κ2) is 6.78. The van der Waals surface area contributed by atoms with Crippen molar-refractivity contribution in [3.8, 4) is 5.75 Å². The maximum atomic E-state index is 13.7. The molecule has 0 radical (unpaired) electrons. The lowest BCUT2D eigenvalue weighted by molar-refractivity contribution is -0.160. The van der Waals surface area contributed by atoms with Crippen LogP contribution in [0, 0.1) is 23.2 Å². The van der Waals surface area contributed by atoms with Gasteiger partial charge in [-0.3, -0.25) is 9.59 Å².